The van der Waals surface area contributed by atoms with Crippen molar-refractivity contribution >= 4 is 22.9 Å². The number of aliphatic hydroxyl groups is 1. The summed E-state index contributed by atoms with van der Waals surface area (Å²) in [5.74, 6) is -0.589. The number of hydrogen-bond acceptors (Lipinski definition) is 4. The molecule has 1 aromatic heterocycles. The molecule has 4 nitrogen and oxygen atoms in total. The van der Waals surface area contributed by atoms with Crippen LogP contribution in [0.2, 0.25) is 0 Å². The Hall–Kier alpha value is -1.76. The van der Waals surface area contributed by atoms with Gasteiger partial charge in [-0.2, -0.15) is 11.3 Å². The van der Waals surface area contributed by atoms with Gasteiger partial charge in [0.2, 0.25) is 5.91 Å². The molecule has 1 unspecified atom stereocenters. The third kappa shape index (κ3) is 4.41. The summed E-state index contributed by atoms with van der Waals surface area (Å²) in [4.78, 5) is 11.6. The highest BCUT2D eigenvalue weighted by Gasteiger charge is 2.08. The number of anilines is 1. The number of aliphatic hydroxyl groups excluding tert-OH is 1. The minimum Gasteiger partial charge on any atom is -0.387 e. The fourth-order valence-electron chi connectivity index (χ4n) is 1.64. The first-order chi connectivity index (χ1) is 9.65. The molecule has 3 N–H and O–H groups in total. The number of carbonyl (C=O) groups is 1. The first-order valence-corrected chi connectivity index (χ1v) is 7.06. The summed E-state index contributed by atoms with van der Waals surface area (Å²) in [5.41, 5.74) is 1.37. The standard InChI is InChI=1S/C14H15FN2O2S/c15-11-1-3-12(4-2-11)17-14(19)8-16-7-13(18)10-5-6-20-9-10/h1-6,9,13,16,18H,7-8H2,(H,17,19). The molecule has 0 radical (unpaired) electrons. The predicted molar refractivity (Wildman–Crippen MR) is 77.2 cm³/mol. The zero-order valence-corrected chi connectivity index (χ0v) is 11.5. The maximum absolute atomic E-state index is 12.7. The highest BCUT2D eigenvalue weighted by Crippen LogP contribution is 2.14. The number of halogens is 1. The Labute approximate surface area is 120 Å². The molecule has 1 amide bonds. The van der Waals surface area contributed by atoms with Gasteiger partial charge in [0.15, 0.2) is 0 Å². The van der Waals surface area contributed by atoms with Crippen LogP contribution < -0.4 is 10.6 Å². The Morgan fingerprint density at radius 1 is 1.30 bits per heavy atom. The number of carbonyl (C=O) groups excluding carboxylic acids is 1. The van der Waals surface area contributed by atoms with E-state index in [-0.39, 0.29) is 18.3 Å². The summed E-state index contributed by atoms with van der Waals surface area (Å²) < 4.78 is 12.7. The SMILES string of the molecule is O=C(CNCC(O)c1ccsc1)Nc1ccc(F)cc1. The predicted octanol–water partition coefficient (Wildman–Crippen LogP) is 2.15. The van der Waals surface area contributed by atoms with E-state index in [2.05, 4.69) is 10.6 Å². The van der Waals surface area contributed by atoms with Crippen molar-refractivity contribution in [2.45, 2.75) is 6.10 Å². The Kier molecular flexibility index (Phi) is 5.23. The molecular formula is C14H15FN2O2S. The number of benzene rings is 1. The maximum atomic E-state index is 12.7. The van der Waals surface area contributed by atoms with Crippen molar-refractivity contribution in [2.24, 2.45) is 0 Å². The molecule has 1 aromatic carbocycles. The van der Waals surface area contributed by atoms with E-state index in [0.717, 1.165) is 5.56 Å². The largest absolute Gasteiger partial charge is 0.387 e. The van der Waals surface area contributed by atoms with E-state index in [4.69, 9.17) is 0 Å². The lowest BCUT2D eigenvalue weighted by Crippen LogP contribution is -2.31. The van der Waals surface area contributed by atoms with E-state index in [1.165, 1.54) is 35.6 Å². The molecule has 2 rings (SSSR count). The van der Waals surface area contributed by atoms with Gasteiger partial charge in [0.25, 0.3) is 0 Å². The average Bonchev–Trinajstić information content (AvgIpc) is 2.95. The molecule has 0 aliphatic rings. The third-order valence-electron chi connectivity index (χ3n) is 2.68. The van der Waals surface area contributed by atoms with Crippen LogP contribution in [0, 0.1) is 5.82 Å². The first kappa shape index (κ1) is 14.6. The fourth-order valence-corrected chi connectivity index (χ4v) is 2.35. The van der Waals surface area contributed by atoms with Gasteiger partial charge in [-0.1, -0.05) is 0 Å². The summed E-state index contributed by atoms with van der Waals surface area (Å²) >= 11 is 1.51. The Bertz CT molecular complexity index is 543. The van der Waals surface area contributed by atoms with Gasteiger partial charge < -0.3 is 15.7 Å². The van der Waals surface area contributed by atoms with Gasteiger partial charge in [-0.25, -0.2) is 4.39 Å². The molecule has 0 aliphatic heterocycles. The van der Waals surface area contributed by atoms with Crippen LogP contribution in [0.1, 0.15) is 11.7 Å². The topological polar surface area (TPSA) is 61.4 Å². The molecular weight excluding hydrogens is 279 g/mol. The smallest absolute Gasteiger partial charge is 0.238 e. The van der Waals surface area contributed by atoms with Gasteiger partial charge in [-0.15, -0.1) is 0 Å². The van der Waals surface area contributed by atoms with Crippen LogP contribution in [0.15, 0.2) is 41.1 Å². The molecule has 0 aliphatic carbocycles. The molecule has 0 saturated carbocycles. The molecule has 2 aromatic rings. The summed E-state index contributed by atoms with van der Waals surface area (Å²) in [5, 5.41) is 19.1. The van der Waals surface area contributed by atoms with Crippen LogP contribution in [0.3, 0.4) is 0 Å². The lowest BCUT2D eigenvalue weighted by molar-refractivity contribution is -0.115. The monoisotopic (exact) mass is 294 g/mol. The quantitative estimate of drug-likeness (QED) is 0.765. The molecule has 1 atom stereocenters. The van der Waals surface area contributed by atoms with Crippen LogP contribution in [0.5, 0.6) is 0 Å². The van der Waals surface area contributed by atoms with Gasteiger partial charge in [0.1, 0.15) is 5.82 Å². The second kappa shape index (κ2) is 7.14. The lowest BCUT2D eigenvalue weighted by atomic mass is 10.2. The number of rotatable bonds is 6. The van der Waals surface area contributed by atoms with Gasteiger partial charge in [-0.3, -0.25) is 4.79 Å². The first-order valence-electron chi connectivity index (χ1n) is 6.11. The van der Waals surface area contributed by atoms with Crippen LogP contribution in [-0.2, 0) is 4.79 Å². The number of thiophene rings is 1. The molecule has 20 heavy (non-hydrogen) atoms. The maximum Gasteiger partial charge on any atom is 0.238 e. The van der Waals surface area contributed by atoms with Gasteiger partial charge in [0.05, 0.1) is 12.6 Å². The van der Waals surface area contributed by atoms with Crippen molar-refractivity contribution in [1.29, 1.82) is 0 Å². The minimum atomic E-state index is -0.625. The zero-order valence-electron chi connectivity index (χ0n) is 10.7. The molecule has 0 spiro atoms. The summed E-state index contributed by atoms with van der Waals surface area (Å²) in [6.07, 6.45) is -0.625. The molecule has 106 valence electrons. The van der Waals surface area contributed by atoms with Crippen molar-refractivity contribution in [3.8, 4) is 0 Å². The Morgan fingerprint density at radius 2 is 2.05 bits per heavy atom. The highest BCUT2D eigenvalue weighted by molar-refractivity contribution is 7.07. The van der Waals surface area contributed by atoms with Crippen molar-refractivity contribution in [3.05, 3.63) is 52.5 Å². The molecule has 0 bridgehead atoms. The third-order valence-corrected chi connectivity index (χ3v) is 3.38. The normalized spacial score (nSPS) is 12.1. The van der Waals surface area contributed by atoms with Gasteiger partial charge >= 0.3 is 0 Å². The second-order valence-corrected chi connectivity index (χ2v) is 5.04. The molecule has 0 saturated heterocycles. The summed E-state index contributed by atoms with van der Waals surface area (Å²) in [6, 6.07) is 7.39. The van der Waals surface area contributed by atoms with Crippen LogP contribution in [-0.4, -0.2) is 24.1 Å². The summed E-state index contributed by atoms with van der Waals surface area (Å²) in [7, 11) is 0. The summed E-state index contributed by atoms with van der Waals surface area (Å²) in [6.45, 7) is 0.381. The number of amides is 1. The van der Waals surface area contributed by atoms with Crippen molar-refractivity contribution in [1.82, 2.24) is 5.32 Å². The van der Waals surface area contributed by atoms with Crippen molar-refractivity contribution in [3.63, 3.8) is 0 Å². The van der Waals surface area contributed by atoms with E-state index in [9.17, 15) is 14.3 Å². The van der Waals surface area contributed by atoms with E-state index in [1.54, 1.807) is 0 Å². The van der Waals surface area contributed by atoms with Gasteiger partial charge in [0, 0.05) is 12.2 Å². The highest BCUT2D eigenvalue weighted by atomic mass is 32.1. The van der Waals surface area contributed by atoms with E-state index in [1.807, 2.05) is 16.8 Å². The zero-order chi connectivity index (χ0) is 14.4. The van der Waals surface area contributed by atoms with Gasteiger partial charge in [-0.05, 0) is 46.7 Å². The molecule has 1 heterocycles. The number of nitrogens with one attached hydrogen (secondary N) is 2. The van der Waals surface area contributed by atoms with E-state index >= 15 is 0 Å². The fraction of sp³-hybridized carbons (Fsp3) is 0.214. The Morgan fingerprint density at radius 3 is 2.70 bits per heavy atom. The molecule has 0 fully saturated rings. The van der Waals surface area contributed by atoms with Crippen LogP contribution in [0.25, 0.3) is 0 Å². The van der Waals surface area contributed by atoms with Crippen molar-refractivity contribution in [2.75, 3.05) is 18.4 Å². The Balaban J connectivity index is 1.71. The minimum absolute atomic E-state index is 0.0819. The van der Waals surface area contributed by atoms with E-state index < -0.39 is 6.10 Å². The average molecular weight is 294 g/mol. The second-order valence-electron chi connectivity index (χ2n) is 4.26. The van der Waals surface area contributed by atoms with E-state index in [0.29, 0.717) is 12.2 Å². The van der Waals surface area contributed by atoms with Crippen LogP contribution >= 0.6 is 11.3 Å². The van der Waals surface area contributed by atoms with Crippen molar-refractivity contribution < 1.29 is 14.3 Å². The lowest BCUT2D eigenvalue weighted by Gasteiger charge is -2.10. The number of hydrogen-bond donors (Lipinski definition) is 3. The van der Waals surface area contributed by atoms with Crippen LogP contribution in [0.4, 0.5) is 10.1 Å². The molecule has 6 heteroatoms.